The number of rotatable bonds is 4. The Labute approximate surface area is 151 Å². The molecule has 2 aromatic rings. The SMILES string of the molecule is CS[C@@H]1C[C@@H]2OC(c3ccccc3)=N[C@@H]2C(=O)N1Cc1ccccc1. The van der Waals surface area contributed by atoms with Crippen LogP contribution >= 0.6 is 11.8 Å². The van der Waals surface area contributed by atoms with Crippen LogP contribution in [-0.2, 0) is 16.1 Å². The third-order valence-corrected chi connectivity index (χ3v) is 5.67. The molecule has 0 bridgehead atoms. The van der Waals surface area contributed by atoms with E-state index in [-0.39, 0.29) is 17.4 Å². The number of thioether (sulfide) groups is 1. The zero-order valence-corrected chi connectivity index (χ0v) is 14.9. The number of carbonyl (C=O) groups is 1. The van der Waals surface area contributed by atoms with Gasteiger partial charge < -0.3 is 9.64 Å². The zero-order chi connectivity index (χ0) is 17.2. The second kappa shape index (κ2) is 6.92. The van der Waals surface area contributed by atoms with E-state index in [1.54, 1.807) is 11.8 Å². The van der Waals surface area contributed by atoms with Gasteiger partial charge in [0.25, 0.3) is 5.91 Å². The Morgan fingerprint density at radius 3 is 2.48 bits per heavy atom. The lowest BCUT2D eigenvalue weighted by atomic mass is 10.0. The Kier molecular flexibility index (Phi) is 4.49. The maximum Gasteiger partial charge on any atom is 0.252 e. The van der Waals surface area contributed by atoms with Gasteiger partial charge in [0.1, 0.15) is 6.10 Å². The molecule has 0 aromatic heterocycles. The molecule has 128 valence electrons. The van der Waals surface area contributed by atoms with Gasteiger partial charge in [0, 0.05) is 18.5 Å². The number of carbonyl (C=O) groups excluding carboxylic acids is 1. The van der Waals surface area contributed by atoms with Gasteiger partial charge in [-0.25, -0.2) is 4.99 Å². The number of nitrogens with zero attached hydrogens (tertiary/aromatic N) is 2. The van der Waals surface area contributed by atoms with Crippen LogP contribution in [-0.4, -0.2) is 40.5 Å². The molecule has 0 aliphatic carbocycles. The summed E-state index contributed by atoms with van der Waals surface area (Å²) in [4.78, 5) is 19.6. The summed E-state index contributed by atoms with van der Waals surface area (Å²) in [7, 11) is 0. The van der Waals surface area contributed by atoms with Gasteiger partial charge in [-0.1, -0.05) is 48.5 Å². The van der Waals surface area contributed by atoms with Crippen molar-refractivity contribution in [1.29, 1.82) is 0 Å². The van der Waals surface area contributed by atoms with E-state index in [1.807, 2.05) is 59.7 Å². The Balaban J connectivity index is 1.59. The summed E-state index contributed by atoms with van der Waals surface area (Å²) in [5.41, 5.74) is 2.07. The highest BCUT2D eigenvalue weighted by Gasteiger charge is 2.46. The van der Waals surface area contributed by atoms with Crippen LogP contribution in [0.2, 0.25) is 0 Å². The highest BCUT2D eigenvalue weighted by Crippen LogP contribution is 2.34. The molecule has 5 heteroatoms. The lowest BCUT2D eigenvalue weighted by Crippen LogP contribution is -2.53. The molecule has 0 N–H and O–H groups in total. The van der Waals surface area contributed by atoms with Crippen molar-refractivity contribution in [2.24, 2.45) is 4.99 Å². The van der Waals surface area contributed by atoms with Gasteiger partial charge >= 0.3 is 0 Å². The standard InChI is InChI=1S/C20H20N2O2S/c1-25-17-12-16-18(21-19(24-16)15-10-6-3-7-11-15)20(23)22(17)13-14-8-4-2-5-9-14/h2-11,16-18H,12-13H2,1H3/t16-,17+,18-/m0/s1. The van der Waals surface area contributed by atoms with Crippen molar-refractivity contribution in [3.8, 4) is 0 Å². The second-order valence-electron chi connectivity index (χ2n) is 6.28. The number of piperidine rings is 1. The largest absolute Gasteiger partial charge is 0.471 e. The summed E-state index contributed by atoms with van der Waals surface area (Å²) in [6.45, 7) is 0.616. The fraction of sp³-hybridized carbons (Fsp3) is 0.300. The molecule has 3 atom stereocenters. The van der Waals surface area contributed by atoms with Gasteiger partial charge in [0.2, 0.25) is 5.90 Å². The van der Waals surface area contributed by atoms with Crippen LogP contribution in [0.25, 0.3) is 0 Å². The molecule has 2 aliphatic rings. The summed E-state index contributed by atoms with van der Waals surface area (Å²) in [6, 6.07) is 19.5. The Bertz CT molecular complexity index is 779. The van der Waals surface area contributed by atoms with E-state index in [4.69, 9.17) is 4.74 Å². The van der Waals surface area contributed by atoms with Crippen LogP contribution in [0.5, 0.6) is 0 Å². The van der Waals surface area contributed by atoms with Crippen LogP contribution in [0.15, 0.2) is 65.7 Å². The maximum atomic E-state index is 13.1. The van der Waals surface area contributed by atoms with E-state index in [1.165, 1.54) is 0 Å². The minimum absolute atomic E-state index is 0.0605. The summed E-state index contributed by atoms with van der Waals surface area (Å²) in [6.07, 6.45) is 2.68. The molecule has 4 nitrogen and oxygen atoms in total. The normalized spacial score (nSPS) is 25.3. The summed E-state index contributed by atoms with van der Waals surface area (Å²) in [5.74, 6) is 0.649. The molecule has 2 heterocycles. The first-order valence-corrected chi connectivity index (χ1v) is 9.72. The van der Waals surface area contributed by atoms with Gasteiger partial charge in [0.15, 0.2) is 6.04 Å². The van der Waals surface area contributed by atoms with Crippen molar-refractivity contribution in [3.05, 3.63) is 71.8 Å². The molecule has 0 saturated carbocycles. The molecular formula is C20H20N2O2S. The molecular weight excluding hydrogens is 332 g/mol. The summed E-state index contributed by atoms with van der Waals surface area (Å²) >= 11 is 1.70. The number of hydrogen-bond donors (Lipinski definition) is 0. The van der Waals surface area contributed by atoms with Crippen LogP contribution < -0.4 is 0 Å². The zero-order valence-electron chi connectivity index (χ0n) is 14.0. The highest BCUT2D eigenvalue weighted by atomic mass is 32.2. The fourth-order valence-electron chi connectivity index (χ4n) is 3.38. The number of benzene rings is 2. The molecule has 4 rings (SSSR count). The van der Waals surface area contributed by atoms with E-state index in [2.05, 4.69) is 17.1 Å². The number of aliphatic imine (C=N–C) groups is 1. The van der Waals surface area contributed by atoms with Crippen LogP contribution in [0.1, 0.15) is 17.5 Å². The molecule has 2 aromatic carbocycles. The van der Waals surface area contributed by atoms with Crippen molar-refractivity contribution in [1.82, 2.24) is 4.90 Å². The molecule has 1 saturated heterocycles. The first kappa shape index (κ1) is 16.2. The van der Waals surface area contributed by atoms with Gasteiger partial charge in [-0.05, 0) is 24.0 Å². The predicted molar refractivity (Wildman–Crippen MR) is 101 cm³/mol. The number of fused-ring (bicyclic) bond motifs is 1. The molecule has 2 aliphatic heterocycles. The smallest absolute Gasteiger partial charge is 0.252 e. The first-order valence-electron chi connectivity index (χ1n) is 8.43. The molecule has 1 fully saturated rings. The number of amides is 1. The lowest BCUT2D eigenvalue weighted by molar-refractivity contribution is -0.139. The molecule has 0 unspecified atom stereocenters. The van der Waals surface area contributed by atoms with E-state index in [0.29, 0.717) is 12.4 Å². The van der Waals surface area contributed by atoms with E-state index in [0.717, 1.165) is 17.5 Å². The summed E-state index contributed by atoms with van der Waals surface area (Å²) < 4.78 is 6.04. The Morgan fingerprint density at radius 1 is 1.12 bits per heavy atom. The second-order valence-corrected chi connectivity index (χ2v) is 7.29. The third-order valence-electron chi connectivity index (χ3n) is 4.68. The topological polar surface area (TPSA) is 41.9 Å². The lowest BCUT2D eigenvalue weighted by Gasteiger charge is -2.38. The average molecular weight is 352 g/mol. The van der Waals surface area contributed by atoms with Crippen molar-refractivity contribution in [3.63, 3.8) is 0 Å². The van der Waals surface area contributed by atoms with Crippen LogP contribution in [0.4, 0.5) is 0 Å². The summed E-state index contributed by atoms with van der Waals surface area (Å²) in [5, 5.41) is 0.110. The Hall–Kier alpha value is -2.27. The van der Waals surface area contributed by atoms with E-state index < -0.39 is 6.04 Å². The predicted octanol–water partition coefficient (Wildman–Crippen LogP) is 3.32. The van der Waals surface area contributed by atoms with Crippen LogP contribution in [0.3, 0.4) is 0 Å². The van der Waals surface area contributed by atoms with Crippen molar-refractivity contribution in [2.45, 2.75) is 30.5 Å². The quantitative estimate of drug-likeness (QED) is 0.848. The van der Waals surface area contributed by atoms with Crippen LogP contribution in [0, 0.1) is 0 Å². The average Bonchev–Trinajstić information content (AvgIpc) is 3.10. The fourth-order valence-corrected chi connectivity index (χ4v) is 4.20. The number of ether oxygens (including phenoxy) is 1. The highest BCUT2D eigenvalue weighted by molar-refractivity contribution is 7.99. The van der Waals surface area contributed by atoms with Crippen molar-refractivity contribution < 1.29 is 9.53 Å². The molecule has 0 spiro atoms. The van der Waals surface area contributed by atoms with E-state index >= 15 is 0 Å². The molecule has 1 amide bonds. The van der Waals surface area contributed by atoms with Gasteiger partial charge in [-0.3, -0.25) is 4.79 Å². The minimum Gasteiger partial charge on any atom is -0.471 e. The number of hydrogen-bond acceptors (Lipinski definition) is 4. The van der Waals surface area contributed by atoms with Crippen molar-refractivity contribution >= 4 is 23.6 Å². The van der Waals surface area contributed by atoms with Gasteiger partial charge in [0.05, 0.1) is 5.37 Å². The molecule has 0 radical (unpaired) electrons. The third kappa shape index (κ3) is 3.16. The molecule has 25 heavy (non-hydrogen) atoms. The van der Waals surface area contributed by atoms with Gasteiger partial charge in [-0.2, -0.15) is 0 Å². The Morgan fingerprint density at radius 2 is 1.80 bits per heavy atom. The monoisotopic (exact) mass is 352 g/mol. The minimum atomic E-state index is -0.428. The van der Waals surface area contributed by atoms with Gasteiger partial charge in [-0.15, -0.1) is 11.8 Å². The number of likely N-dealkylation sites (tertiary alicyclic amines) is 1. The van der Waals surface area contributed by atoms with Crippen molar-refractivity contribution in [2.75, 3.05) is 6.26 Å². The first-order chi connectivity index (χ1) is 12.3. The van der Waals surface area contributed by atoms with E-state index in [9.17, 15) is 4.79 Å². The maximum absolute atomic E-state index is 13.1.